The van der Waals surface area contributed by atoms with Gasteiger partial charge in [0.25, 0.3) is 0 Å². The predicted molar refractivity (Wildman–Crippen MR) is 76.6 cm³/mol. The van der Waals surface area contributed by atoms with E-state index < -0.39 is 0 Å². The molecule has 2 aromatic rings. The standard InChI is InChI=1S/C13H14ClN5/c14-8-2-1-3-9(6-8)17-13-18-11-7-16-5-4-10(11)12(15)19-13/h1-3,6,16H,4-5,7H2,(H3,15,17,18,19). The second kappa shape index (κ2) is 5.03. The second-order valence-corrected chi connectivity index (χ2v) is 4.86. The van der Waals surface area contributed by atoms with Gasteiger partial charge in [-0.15, -0.1) is 0 Å². The van der Waals surface area contributed by atoms with Gasteiger partial charge < -0.3 is 16.4 Å². The van der Waals surface area contributed by atoms with Gasteiger partial charge in [-0.1, -0.05) is 17.7 Å². The van der Waals surface area contributed by atoms with Gasteiger partial charge >= 0.3 is 0 Å². The SMILES string of the molecule is Nc1nc(Nc2cccc(Cl)c2)nc2c1CCNC2. The van der Waals surface area contributed by atoms with Crippen LogP contribution in [0.25, 0.3) is 0 Å². The molecule has 0 atom stereocenters. The highest BCUT2D eigenvalue weighted by atomic mass is 35.5. The molecular formula is C13H14ClN5. The molecule has 5 nitrogen and oxygen atoms in total. The lowest BCUT2D eigenvalue weighted by molar-refractivity contribution is 0.626. The Morgan fingerprint density at radius 2 is 2.21 bits per heavy atom. The fourth-order valence-corrected chi connectivity index (χ4v) is 2.33. The number of halogens is 1. The number of nitrogens with one attached hydrogen (secondary N) is 2. The first-order valence-electron chi connectivity index (χ1n) is 6.11. The Balaban J connectivity index is 1.91. The minimum absolute atomic E-state index is 0.502. The van der Waals surface area contributed by atoms with Crippen molar-refractivity contribution in [3.05, 3.63) is 40.5 Å². The van der Waals surface area contributed by atoms with Gasteiger partial charge in [-0.25, -0.2) is 4.98 Å². The average Bonchev–Trinajstić information content (AvgIpc) is 2.39. The van der Waals surface area contributed by atoms with Crippen molar-refractivity contribution < 1.29 is 0 Å². The number of anilines is 3. The van der Waals surface area contributed by atoms with E-state index in [0.717, 1.165) is 36.5 Å². The topological polar surface area (TPSA) is 75.9 Å². The smallest absolute Gasteiger partial charge is 0.229 e. The first-order chi connectivity index (χ1) is 9.22. The summed E-state index contributed by atoms with van der Waals surface area (Å²) in [5.74, 6) is 1.05. The second-order valence-electron chi connectivity index (χ2n) is 4.42. The molecule has 0 aliphatic carbocycles. The molecule has 0 spiro atoms. The van der Waals surface area contributed by atoms with Crippen LogP contribution in [0.4, 0.5) is 17.5 Å². The van der Waals surface area contributed by atoms with Crippen molar-refractivity contribution in [2.24, 2.45) is 0 Å². The molecule has 19 heavy (non-hydrogen) atoms. The summed E-state index contributed by atoms with van der Waals surface area (Å²) in [5.41, 5.74) is 8.84. The summed E-state index contributed by atoms with van der Waals surface area (Å²) in [6.07, 6.45) is 0.874. The number of nitrogens with zero attached hydrogens (tertiary/aromatic N) is 2. The van der Waals surface area contributed by atoms with E-state index in [9.17, 15) is 0 Å². The fourth-order valence-electron chi connectivity index (χ4n) is 2.14. The highest BCUT2D eigenvalue weighted by Gasteiger charge is 2.15. The van der Waals surface area contributed by atoms with Crippen LogP contribution >= 0.6 is 11.6 Å². The van der Waals surface area contributed by atoms with Gasteiger partial charge in [-0.2, -0.15) is 4.98 Å². The summed E-state index contributed by atoms with van der Waals surface area (Å²) in [5, 5.41) is 7.06. The summed E-state index contributed by atoms with van der Waals surface area (Å²) in [6.45, 7) is 1.65. The highest BCUT2D eigenvalue weighted by molar-refractivity contribution is 6.30. The van der Waals surface area contributed by atoms with Gasteiger partial charge in [0, 0.05) is 22.8 Å². The average molecular weight is 276 g/mol. The third-order valence-corrected chi connectivity index (χ3v) is 3.28. The molecule has 1 aliphatic rings. The van der Waals surface area contributed by atoms with Gasteiger partial charge in [0.2, 0.25) is 5.95 Å². The van der Waals surface area contributed by atoms with Crippen LogP contribution in [-0.4, -0.2) is 16.5 Å². The van der Waals surface area contributed by atoms with Crippen molar-refractivity contribution in [2.45, 2.75) is 13.0 Å². The van der Waals surface area contributed by atoms with Crippen LogP contribution in [0.1, 0.15) is 11.3 Å². The fraction of sp³-hybridized carbons (Fsp3) is 0.231. The highest BCUT2D eigenvalue weighted by Crippen LogP contribution is 2.22. The van der Waals surface area contributed by atoms with Crippen molar-refractivity contribution >= 4 is 29.1 Å². The molecule has 3 rings (SSSR count). The van der Waals surface area contributed by atoms with Crippen LogP contribution in [0.15, 0.2) is 24.3 Å². The van der Waals surface area contributed by atoms with E-state index >= 15 is 0 Å². The van der Waals surface area contributed by atoms with Crippen LogP contribution in [0.5, 0.6) is 0 Å². The Morgan fingerprint density at radius 3 is 3.05 bits per heavy atom. The number of nitrogens with two attached hydrogens (primary N) is 1. The number of nitrogen functional groups attached to an aromatic ring is 1. The first kappa shape index (κ1) is 12.2. The monoisotopic (exact) mass is 275 g/mol. The van der Waals surface area contributed by atoms with E-state index in [4.69, 9.17) is 17.3 Å². The molecule has 1 aromatic heterocycles. The zero-order valence-corrected chi connectivity index (χ0v) is 11.0. The molecule has 6 heteroatoms. The Hall–Kier alpha value is -1.85. The predicted octanol–water partition coefficient (Wildman–Crippen LogP) is 2.10. The van der Waals surface area contributed by atoms with E-state index in [-0.39, 0.29) is 0 Å². The van der Waals surface area contributed by atoms with Crippen molar-refractivity contribution in [3.8, 4) is 0 Å². The molecular weight excluding hydrogens is 262 g/mol. The Kier molecular flexibility index (Phi) is 3.23. The van der Waals surface area contributed by atoms with E-state index in [0.29, 0.717) is 16.8 Å². The number of aromatic nitrogens is 2. The van der Waals surface area contributed by atoms with Crippen LogP contribution < -0.4 is 16.4 Å². The number of rotatable bonds is 2. The molecule has 1 aromatic carbocycles. The largest absolute Gasteiger partial charge is 0.383 e. The lowest BCUT2D eigenvalue weighted by atomic mass is 10.1. The van der Waals surface area contributed by atoms with Crippen LogP contribution in [-0.2, 0) is 13.0 Å². The third-order valence-electron chi connectivity index (χ3n) is 3.05. The van der Waals surface area contributed by atoms with Gasteiger partial charge in [-0.3, -0.25) is 0 Å². The molecule has 0 saturated heterocycles. The number of hydrogen-bond acceptors (Lipinski definition) is 5. The van der Waals surface area contributed by atoms with Crippen molar-refractivity contribution in [1.29, 1.82) is 0 Å². The van der Waals surface area contributed by atoms with Gasteiger partial charge in [-0.05, 0) is 31.2 Å². The zero-order chi connectivity index (χ0) is 13.2. The molecule has 2 heterocycles. The molecule has 0 amide bonds. The van der Waals surface area contributed by atoms with Crippen LogP contribution in [0.3, 0.4) is 0 Å². The molecule has 0 unspecified atom stereocenters. The number of fused-ring (bicyclic) bond motifs is 1. The summed E-state index contributed by atoms with van der Waals surface area (Å²) >= 11 is 5.94. The van der Waals surface area contributed by atoms with Gasteiger partial charge in [0.1, 0.15) is 5.82 Å². The molecule has 0 bridgehead atoms. The number of hydrogen-bond donors (Lipinski definition) is 3. The van der Waals surface area contributed by atoms with Crippen LogP contribution in [0, 0.1) is 0 Å². The van der Waals surface area contributed by atoms with E-state index in [1.165, 1.54) is 0 Å². The van der Waals surface area contributed by atoms with Gasteiger partial charge in [0.05, 0.1) is 5.69 Å². The maximum absolute atomic E-state index is 5.98. The summed E-state index contributed by atoms with van der Waals surface area (Å²) in [4.78, 5) is 8.79. The maximum atomic E-state index is 5.98. The Morgan fingerprint density at radius 1 is 1.32 bits per heavy atom. The van der Waals surface area contributed by atoms with Crippen molar-refractivity contribution in [1.82, 2.24) is 15.3 Å². The van der Waals surface area contributed by atoms with Crippen molar-refractivity contribution in [3.63, 3.8) is 0 Å². The van der Waals surface area contributed by atoms with E-state index in [1.807, 2.05) is 24.3 Å². The van der Waals surface area contributed by atoms with E-state index in [2.05, 4.69) is 20.6 Å². The Labute approximate surface area is 116 Å². The molecule has 0 fully saturated rings. The summed E-state index contributed by atoms with van der Waals surface area (Å²) in [7, 11) is 0. The molecule has 4 N–H and O–H groups in total. The third kappa shape index (κ3) is 2.62. The number of benzene rings is 1. The Bertz CT molecular complexity index is 614. The minimum Gasteiger partial charge on any atom is -0.383 e. The summed E-state index contributed by atoms with van der Waals surface area (Å²) < 4.78 is 0. The quantitative estimate of drug-likeness (QED) is 0.783. The lowest BCUT2D eigenvalue weighted by Gasteiger charge is -2.18. The molecule has 98 valence electrons. The van der Waals surface area contributed by atoms with Crippen molar-refractivity contribution in [2.75, 3.05) is 17.6 Å². The van der Waals surface area contributed by atoms with Crippen LogP contribution in [0.2, 0.25) is 5.02 Å². The first-order valence-corrected chi connectivity index (χ1v) is 6.49. The summed E-state index contributed by atoms with van der Waals surface area (Å²) in [6, 6.07) is 7.41. The molecule has 1 aliphatic heterocycles. The normalized spacial score (nSPS) is 13.9. The van der Waals surface area contributed by atoms with Gasteiger partial charge in [0.15, 0.2) is 0 Å². The zero-order valence-electron chi connectivity index (χ0n) is 10.3. The minimum atomic E-state index is 0.502. The molecule has 0 saturated carbocycles. The molecule has 0 radical (unpaired) electrons. The maximum Gasteiger partial charge on any atom is 0.229 e. The lowest BCUT2D eigenvalue weighted by Crippen LogP contribution is -2.26. The van der Waals surface area contributed by atoms with E-state index in [1.54, 1.807) is 0 Å².